The summed E-state index contributed by atoms with van der Waals surface area (Å²) in [5.74, 6) is -0.807. The molecule has 26 heavy (non-hydrogen) atoms. The lowest BCUT2D eigenvalue weighted by Crippen LogP contribution is -2.30. The number of aryl methyl sites for hydroxylation is 1. The van der Waals surface area contributed by atoms with Crippen LogP contribution in [0.2, 0.25) is 0 Å². The summed E-state index contributed by atoms with van der Waals surface area (Å²) < 4.78 is 5.24. The van der Waals surface area contributed by atoms with E-state index < -0.39 is 17.4 Å². The highest BCUT2D eigenvalue weighted by atomic mass is 16.4. The van der Waals surface area contributed by atoms with Crippen LogP contribution in [0, 0.1) is 6.92 Å². The van der Waals surface area contributed by atoms with E-state index in [1.807, 2.05) is 0 Å². The predicted octanol–water partition coefficient (Wildman–Crippen LogP) is 2.44. The van der Waals surface area contributed by atoms with Gasteiger partial charge >= 0.3 is 5.63 Å². The van der Waals surface area contributed by atoms with Crippen LogP contribution in [-0.4, -0.2) is 23.5 Å². The minimum Gasteiger partial charge on any atom is -0.423 e. The Hall–Kier alpha value is -3.25. The molecule has 1 N–H and O–H groups in total. The van der Waals surface area contributed by atoms with E-state index in [-0.39, 0.29) is 13.0 Å². The van der Waals surface area contributed by atoms with Crippen molar-refractivity contribution >= 4 is 28.5 Å². The summed E-state index contributed by atoms with van der Waals surface area (Å²) in [6.45, 7) is 1.58. The Morgan fingerprint density at radius 1 is 1.00 bits per heavy atom. The standard InChI is InChI=1S/C20H15NO5/c1-11-10-17(23)26-16-7-6-15(14(8-9-22)18(11)16)21-19(24)12-4-2-3-5-13(12)20(21)25/h2-7,10,22H,8-9H2,1H3. The van der Waals surface area contributed by atoms with E-state index in [0.29, 0.717) is 38.9 Å². The van der Waals surface area contributed by atoms with Crippen LogP contribution in [0.1, 0.15) is 31.8 Å². The van der Waals surface area contributed by atoms with Crippen LogP contribution in [0.15, 0.2) is 51.7 Å². The number of hydrogen-bond donors (Lipinski definition) is 1. The lowest BCUT2D eigenvalue weighted by Gasteiger charge is -2.20. The molecular formula is C20H15NO5. The van der Waals surface area contributed by atoms with Crippen LogP contribution >= 0.6 is 0 Å². The number of carbonyl (C=O) groups is 2. The summed E-state index contributed by atoms with van der Waals surface area (Å²) >= 11 is 0. The molecule has 130 valence electrons. The smallest absolute Gasteiger partial charge is 0.336 e. The van der Waals surface area contributed by atoms with Gasteiger partial charge in [-0.2, -0.15) is 0 Å². The van der Waals surface area contributed by atoms with Crippen LogP contribution in [0.5, 0.6) is 0 Å². The summed E-state index contributed by atoms with van der Waals surface area (Å²) in [6, 6.07) is 11.2. The lowest BCUT2D eigenvalue weighted by molar-refractivity contribution is 0.0925. The number of imide groups is 1. The Balaban J connectivity index is 1.98. The Morgan fingerprint density at radius 2 is 1.65 bits per heavy atom. The number of anilines is 1. The molecule has 2 amide bonds. The minimum atomic E-state index is -0.474. The summed E-state index contributed by atoms with van der Waals surface area (Å²) in [4.78, 5) is 38.4. The van der Waals surface area contributed by atoms with Crippen LogP contribution in [-0.2, 0) is 6.42 Å². The van der Waals surface area contributed by atoms with E-state index in [1.54, 1.807) is 43.3 Å². The largest absolute Gasteiger partial charge is 0.423 e. The van der Waals surface area contributed by atoms with Crippen molar-refractivity contribution in [3.63, 3.8) is 0 Å². The van der Waals surface area contributed by atoms with Crippen molar-refractivity contribution in [2.24, 2.45) is 0 Å². The molecule has 4 rings (SSSR count). The van der Waals surface area contributed by atoms with E-state index in [4.69, 9.17) is 4.42 Å². The molecule has 2 heterocycles. The summed E-state index contributed by atoms with van der Waals surface area (Å²) in [5.41, 5.74) is 2.25. The zero-order chi connectivity index (χ0) is 18.4. The van der Waals surface area contributed by atoms with Crippen molar-refractivity contribution in [1.29, 1.82) is 0 Å². The second-order valence-electron chi connectivity index (χ2n) is 6.15. The van der Waals surface area contributed by atoms with Gasteiger partial charge in [-0.3, -0.25) is 9.59 Å². The maximum Gasteiger partial charge on any atom is 0.336 e. The highest BCUT2D eigenvalue weighted by molar-refractivity contribution is 6.35. The number of rotatable bonds is 3. The molecule has 0 unspecified atom stereocenters. The molecule has 0 saturated carbocycles. The first-order valence-corrected chi connectivity index (χ1v) is 8.18. The molecule has 6 nitrogen and oxygen atoms in total. The zero-order valence-corrected chi connectivity index (χ0v) is 14.0. The minimum absolute atomic E-state index is 0.173. The first-order valence-electron chi connectivity index (χ1n) is 8.18. The molecule has 2 aromatic carbocycles. The van der Waals surface area contributed by atoms with Gasteiger partial charge in [-0.1, -0.05) is 12.1 Å². The van der Waals surface area contributed by atoms with Gasteiger partial charge in [-0.15, -0.1) is 0 Å². The molecule has 0 spiro atoms. The number of amides is 2. The van der Waals surface area contributed by atoms with Crippen molar-refractivity contribution in [3.05, 3.63) is 75.1 Å². The molecule has 1 aliphatic rings. The normalized spacial score (nSPS) is 13.5. The molecular weight excluding hydrogens is 334 g/mol. The highest BCUT2D eigenvalue weighted by Crippen LogP contribution is 2.35. The van der Waals surface area contributed by atoms with Gasteiger partial charge in [0.25, 0.3) is 11.8 Å². The zero-order valence-electron chi connectivity index (χ0n) is 14.0. The number of aliphatic hydroxyl groups is 1. The summed E-state index contributed by atoms with van der Waals surface area (Å²) in [6.07, 6.45) is 0.217. The number of fused-ring (bicyclic) bond motifs is 2. The SMILES string of the molecule is Cc1cc(=O)oc2ccc(N3C(=O)c4ccccc4C3=O)c(CCO)c12. The van der Waals surface area contributed by atoms with E-state index >= 15 is 0 Å². The fourth-order valence-electron chi connectivity index (χ4n) is 3.50. The third-order valence-electron chi connectivity index (χ3n) is 4.59. The number of carbonyl (C=O) groups excluding carboxylic acids is 2. The lowest BCUT2D eigenvalue weighted by atomic mass is 9.99. The fraction of sp³-hybridized carbons (Fsp3) is 0.150. The number of benzene rings is 2. The Bertz CT molecular complexity index is 1090. The molecule has 0 radical (unpaired) electrons. The maximum atomic E-state index is 12.8. The van der Waals surface area contributed by atoms with Gasteiger partial charge in [0.1, 0.15) is 5.58 Å². The van der Waals surface area contributed by atoms with Gasteiger partial charge in [-0.25, -0.2) is 9.69 Å². The first kappa shape index (κ1) is 16.2. The molecule has 6 heteroatoms. The van der Waals surface area contributed by atoms with E-state index in [2.05, 4.69) is 0 Å². The predicted molar refractivity (Wildman–Crippen MR) is 95.6 cm³/mol. The quantitative estimate of drug-likeness (QED) is 0.580. The molecule has 0 fully saturated rings. The van der Waals surface area contributed by atoms with Crippen molar-refractivity contribution in [2.75, 3.05) is 11.5 Å². The third-order valence-corrected chi connectivity index (χ3v) is 4.59. The Kier molecular flexibility index (Phi) is 3.70. The van der Waals surface area contributed by atoms with Crippen molar-refractivity contribution in [3.8, 4) is 0 Å². The van der Waals surface area contributed by atoms with E-state index in [0.717, 1.165) is 4.90 Å². The average molecular weight is 349 g/mol. The van der Waals surface area contributed by atoms with Gasteiger partial charge < -0.3 is 9.52 Å². The summed E-state index contributed by atoms with van der Waals surface area (Å²) in [5, 5.41) is 10.1. The van der Waals surface area contributed by atoms with Crippen LogP contribution in [0.3, 0.4) is 0 Å². The maximum absolute atomic E-state index is 12.8. The van der Waals surface area contributed by atoms with Crippen molar-refractivity contribution in [2.45, 2.75) is 13.3 Å². The van der Waals surface area contributed by atoms with Gasteiger partial charge in [-0.05, 0) is 48.7 Å². The molecule has 3 aromatic rings. The molecule has 0 atom stereocenters. The van der Waals surface area contributed by atoms with Crippen molar-refractivity contribution in [1.82, 2.24) is 0 Å². The fourth-order valence-corrected chi connectivity index (χ4v) is 3.50. The van der Waals surface area contributed by atoms with Crippen LogP contribution in [0.25, 0.3) is 11.0 Å². The monoisotopic (exact) mass is 349 g/mol. The van der Waals surface area contributed by atoms with Gasteiger partial charge in [0, 0.05) is 18.1 Å². The first-order chi connectivity index (χ1) is 12.5. The molecule has 1 aliphatic heterocycles. The topological polar surface area (TPSA) is 87.8 Å². The highest BCUT2D eigenvalue weighted by Gasteiger charge is 2.37. The van der Waals surface area contributed by atoms with Gasteiger partial charge in [0.2, 0.25) is 0 Å². The second kappa shape index (κ2) is 5.93. The Labute approximate surface area is 148 Å². The van der Waals surface area contributed by atoms with Crippen LogP contribution < -0.4 is 10.5 Å². The van der Waals surface area contributed by atoms with E-state index in [1.165, 1.54) is 6.07 Å². The number of aliphatic hydroxyl groups excluding tert-OH is 1. The second-order valence-corrected chi connectivity index (χ2v) is 6.15. The van der Waals surface area contributed by atoms with Gasteiger partial charge in [0.05, 0.1) is 16.8 Å². The number of hydrogen-bond acceptors (Lipinski definition) is 5. The molecule has 0 aliphatic carbocycles. The molecule has 0 bridgehead atoms. The third kappa shape index (κ3) is 2.27. The van der Waals surface area contributed by atoms with E-state index in [9.17, 15) is 19.5 Å². The average Bonchev–Trinajstić information content (AvgIpc) is 2.87. The summed E-state index contributed by atoms with van der Waals surface area (Å²) in [7, 11) is 0. The van der Waals surface area contributed by atoms with Crippen LogP contribution in [0.4, 0.5) is 5.69 Å². The van der Waals surface area contributed by atoms with Gasteiger partial charge in [0.15, 0.2) is 0 Å². The molecule has 1 aromatic heterocycles. The number of nitrogens with zero attached hydrogens (tertiary/aromatic N) is 1. The Morgan fingerprint density at radius 3 is 2.27 bits per heavy atom. The van der Waals surface area contributed by atoms with Crippen molar-refractivity contribution < 1.29 is 19.1 Å². The molecule has 0 saturated heterocycles.